The van der Waals surface area contributed by atoms with Crippen molar-refractivity contribution in [1.29, 1.82) is 0 Å². The zero-order valence-electron chi connectivity index (χ0n) is 11.4. The standard InChI is InChI=1S/C16H17BrN2O/c1-11-10-18-6-7-19(11)16(20)14-3-2-13-9-15(17)5-4-12(13)8-14/h2-5,8-9,11,18H,6-7,10H2,1H3. The van der Waals surface area contributed by atoms with E-state index in [-0.39, 0.29) is 11.9 Å². The Morgan fingerprint density at radius 3 is 2.80 bits per heavy atom. The van der Waals surface area contributed by atoms with E-state index in [1.807, 2.05) is 35.2 Å². The molecule has 0 spiro atoms. The normalized spacial score (nSPS) is 19.3. The molecule has 0 aliphatic carbocycles. The van der Waals surface area contributed by atoms with E-state index in [2.05, 4.69) is 34.2 Å². The van der Waals surface area contributed by atoms with Crippen LogP contribution in [0.15, 0.2) is 40.9 Å². The molecule has 2 aromatic rings. The number of carbonyl (C=O) groups excluding carboxylic acids is 1. The summed E-state index contributed by atoms with van der Waals surface area (Å²) in [7, 11) is 0. The molecule has 1 fully saturated rings. The Morgan fingerprint density at radius 2 is 2.00 bits per heavy atom. The highest BCUT2D eigenvalue weighted by Gasteiger charge is 2.23. The summed E-state index contributed by atoms with van der Waals surface area (Å²) in [6.45, 7) is 4.60. The van der Waals surface area contributed by atoms with Crippen LogP contribution < -0.4 is 5.32 Å². The molecule has 0 saturated carbocycles. The van der Waals surface area contributed by atoms with Gasteiger partial charge in [-0.3, -0.25) is 4.79 Å². The molecule has 4 heteroatoms. The number of nitrogens with zero attached hydrogens (tertiary/aromatic N) is 1. The van der Waals surface area contributed by atoms with Gasteiger partial charge in [-0.1, -0.05) is 28.1 Å². The molecule has 2 aromatic carbocycles. The Bertz CT molecular complexity index is 656. The number of piperazine rings is 1. The molecular weight excluding hydrogens is 316 g/mol. The van der Waals surface area contributed by atoms with E-state index in [1.54, 1.807) is 0 Å². The van der Waals surface area contributed by atoms with Gasteiger partial charge in [0.15, 0.2) is 0 Å². The molecule has 1 amide bonds. The minimum Gasteiger partial charge on any atom is -0.333 e. The van der Waals surface area contributed by atoms with Crippen molar-refractivity contribution in [3.05, 3.63) is 46.4 Å². The lowest BCUT2D eigenvalue weighted by Crippen LogP contribution is -2.52. The third-order valence-electron chi connectivity index (χ3n) is 3.81. The van der Waals surface area contributed by atoms with E-state index in [4.69, 9.17) is 0 Å². The molecule has 1 aliphatic heterocycles. The van der Waals surface area contributed by atoms with Crippen molar-refractivity contribution in [1.82, 2.24) is 10.2 Å². The van der Waals surface area contributed by atoms with Gasteiger partial charge in [-0.15, -0.1) is 0 Å². The maximum atomic E-state index is 12.6. The van der Waals surface area contributed by atoms with Gasteiger partial charge in [-0.25, -0.2) is 0 Å². The number of nitrogens with one attached hydrogen (secondary N) is 1. The fourth-order valence-corrected chi connectivity index (χ4v) is 3.04. The van der Waals surface area contributed by atoms with E-state index in [0.29, 0.717) is 0 Å². The van der Waals surface area contributed by atoms with Crippen molar-refractivity contribution in [2.75, 3.05) is 19.6 Å². The van der Waals surface area contributed by atoms with Crippen molar-refractivity contribution in [2.24, 2.45) is 0 Å². The van der Waals surface area contributed by atoms with Crippen molar-refractivity contribution < 1.29 is 4.79 Å². The molecule has 3 nitrogen and oxygen atoms in total. The van der Waals surface area contributed by atoms with Gasteiger partial charge in [0.05, 0.1) is 0 Å². The van der Waals surface area contributed by atoms with Crippen LogP contribution in [-0.4, -0.2) is 36.5 Å². The smallest absolute Gasteiger partial charge is 0.254 e. The molecule has 1 saturated heterocycles. The maximum Gasteiger partial charge on any atom is 0.254 e. The third-order valence-corrected chi connectivity index (χ3v) is 4.30. The van der Waals surface area contributed by atoms with Crippen molar-refractivity contribution in [3.8, 4) is 0 Å². The van der Waals surface area contributed by atoms with Crippen LogP contribution in [0, 0.1) is 0 Å². The lowest BCUT2D eigenvalue weighted by Gasteiger charge is -2.34. The summed E-state index contributed by atoms with van der Waals surface area (Å²) < 4.78 is 1.06. The van der Waals surface area contributed by atoms with Gasteiger partial charge >= 0.3 is 0 Å². The molecule has 3 rings (SSSR count). The minimum atomic E-state index is 0.129. The summed E-state index contributed by atoms with van der Waals surface area (Å²) in [5.74, 6) is 0.129. The molecule has 0 bridgehead atoms. The Balaban J connectivity index is 1.93. The first-order chi connectivity index (χ1) is 9.65. The zero-order valence-corrected chi connectivity index (χ0v) is 13.0. The summed E-state index contributed by atoms with van der Waals surface area (Å²) in [6, 6.07) is 12.3. The van der Waals surface area contributed by atoms with Crippen molar-refractivity contribution >= 4 is 32.6 Å². The van der Waals surface area contributed by atoms with Gasteiger partial charge in [0.2, 0.25) is 0 Å². The average molecular weight is 333 g/mol. The quantitative estimate of drug-likeness (QED) is 0.870. The number of hydrogen-bond acceptors (Lipinski definition) is 2. The Hall–Kier alpha value is -1.39. The van der Waals surface area contributed by atoms with Crippen LogP contribution in [-0.2, 0) is 0 Å². The van der Waals surface area contributed by atoms with E-state index in [1.165, 1.54) is 0 Å². The molecule has 1 atom stereocenters. The van der Waals surface area contributed by atoms with Gasteiger partial charge in [0.1, 0.15) is 0 Å². The number of amides is 1. The molecule has 1 unspecified atom stereocenters. The fourth-order valence-electron chi connectivity index (χ4n) is 2.66. The molecule has 20 heavy (non-hydrogen) atoms. The average Bonchev–Trinajstić information content (AvgIpc) is 2.46. The first-order valence-electron chi connectivity index (χ1n) is 6.86. The highest BCUT2D eigenvalue weighted by molar-refractivity contribution is 9.10. The predicted octanol–water partition coefficient (Wildman–Crippen LogP) is 3.04. The second-order valence-electron chi connectivity index (χ2n) is 5.26. The van der Waals surface area contributed by atoms with Gasteiger partial charge in [0.25, 0.3) is 5.91 Å². The Kier molecular flexibility index (Phi) is 3.76. The van der Waals surface area contributed by atoms with Gasteiger partial charge < -0.3 is 10.2 Å². The molecule has 1 aliphatic rings. The van der Waals surface area contributed by atoms with E-state index in [0.717, 1.165) is 40.4 Å². The van der Waals surface area contributed by atoms with Gasteiger partial charge in [-0.2, -0.15) is 0 Å². The van der Waals surface area contributed by atoms with E-state index >= 15 is 0 Å². The number of hydrogen-bond donors (Lipinski definition) is 1. The molecule has 0 radical (unpaired) electrons. The molecule has 104 valence electrons. The number of benzene rings is 2. The summed E-state index contributed by atoms with van der Waals surface area (Å²) in [5, 5.41) is 5.55. The van der Waals surface area contributed by atoms with Gasteiger partial charge in [0, 0.05) is 35.7 Å². The van der Waals surface area contributed by atoms with Crippen LogP contribution in [0.25, 0.3) is 10.8 Å². The summed E-state index contributed by atoms with van der Waals surface area (Å²) in [4.78, 5) is 14.6. The van der Waals surface area contributed by atoms with Crippen molar-refractivity contribution in [2.45, 2.75) is 13.0 Å². The minimum absolute atomic E-state index is 0.129. The lowest BCUT2D eigenvalue weighted by atomic mass is 10.1. The summed E-state index contributed by atoms with van der Waals surface area (Å²) in [6.07, 6.45) is 0. The summed E-state index contributed by atoms with van der Waals surface area (Å²) >= 11 is 3.47. The SMILES string of the molecule is CC1CNCCN1C(=O)c1ccc2cc(Br)ccc2c1. The second-order valence-corrected chi connectivity index (χ2v) is 6.17. The maximum absolute atomic E-state index is 12.6. The second kappa shape index (κ2) is 5.54. The molecular formula is C16H17BrN2O. The zero-order chi connectivity index (χ0) is 14.1. The predicted molar refractivity (Wildman–Crippen MR) is 85.0 cm³/mol. The lowest BCUT2D eigenvalue weighted by molar-refractivity contribution is 0.0656. The first-order valence-corrected chi connectivity index (χ1v) is 7.65. The first kappa shape index (κ1) is 13.6. The van der Waals surface area contributed by atoms with Crippen LogP contribution >= 0.6 is 15.9 Å². The van der Waals surface area contributed by atoms with E-state index < -0.39 is 0 Å². The monoisotopic (exact) mass is 332 g/mol. The van der Waals surface area contributed by atoms with Crippen molar-refractivity contribution in [3.63, 3.8) is 0 Å². The third kappa shape index (κ3) is 2.58. The topological polar surface area (TPSA) is 32.3 Å². The largest absolute Gasteiger partial charge is 0.333 e. The van der Waals surface area contributed by atoms with Crippen LogP contribution in [0.1, 0.15) is 17.3 Å². The summed E-state index contributed by atoms with van der Waals surface area (Å²) in [5.41, 5.74) is 0.772. The number of rotatable bonds is 1. The fraction of sp³-hybridized carbons (Fsp3) is 0.312. The molecule has 0 aromatic heterocycles. The number of carbonyl (C=O) groups is 1. The molecule has 1 N–H and O–H groups in total. The van der Waals surface area contributed by atoms with E-state index in [9.17, 15) is 4.79 Å². The van der Waals surface area contributed by atoms with Crippen LogP contribution in [0.2, 0.25) is 0 Å². The van der Waals surface area contributed by atoms with Crippen LogP contribution in [0.4, 0.5) is 0 Å². The highest BCUT2D eigenvalue weighted by atomic mass is 79.9. The Morgan fingerprint density at radius 1 is 1.25 bits per heavy atom. The van der Waals surface area contributed by atoms with Crippen LogP contribution in [0.3, 0.4) is 0 Å². The number of halogens is 1. The highest BCUT2D eigenvalue weighted by Crippen LogP contribution is 2.22. The molecule has 1 heterocycles. The number of fused-ring (bicyclic) bond motifs is 1. The van der Waals surface area contributed by atoms with Crippen LogP contribution in [0.5, 0.6) is 0 Å². The van der Waals surface area contributed by atoms with Gasteiger partial charge in [-0.05, 0) is 42.0 Å². The Labute approximate surface area is 127 Å².